The summed E-state index contributed by atoms with van der Waals surface area (Å²) < 4.78 is 4.76. The van der Waals surface area contributed by atoms with Gasteiger partial charge in [0.25, 0.3) is 0 Å². The summed E-state index contributed by atoms with van der Waals surface area (Å²) in [7, 11) is 1.36. The predicted molar refractivity (Wildman–Crippen MR) is 87.4 cm³/mol. The van der Waals surface area contributed by atoms with Crippen molar-refractivity contribution in [1.29, 1.82) is 0 Å². The van der Waals surface area contributed by atoms with Crippen LogP contribution in [0.25, 0.3) is 5.57 Å². The van der Waals surface area contributed by atoms with Crippen LogP contribution in [-0.4, -0.2) is 25.0 Å². The molecular weight excluding hydrogens is 278 g/mol. The van der Waals surface area contributed by atoms with E-state index < -0.39 is 5.97 Å². The van der Waals surface area contributed by atoms with E-state index in [2.05, 4.69) is 6.08 Å². The number of fused-ring (bicyclic) bond motifs is 1. The third kappa shape index (κ3) is 3.11. The maximum Gasteiger partial charge on any atom is 0.330 e. The maximum absolute atomic E-state index is 12.1. The number of rotatable bonds is 3. The molecule has 0 radical (unpaired) electrons. The fraction of sp³-hybridized carbons (Fsp3) is 0.333. The van der Waals surface area contributed by atoms with Gasteiger partial charge in [0.2, 0.25) is 5.91 Å². The van der Waals surface area contributed by atoms with Crippen molar-refractivity contribution in [3.63, 3.8) is 0 Å². The van der Waals surface area contributed by atoms with Gasteiger partial charge in [0, 0.05) is 18.6 Å². The van der Waals surface area contributed by atoms with E-state index in [4.69, 9.17) is 4.74 Å². The number of benzene rings is 1. The monoisotopic (exact) mass is 299 g/mol. The van der Waals surface area contributed by atoms with Crippen LogP contribution in [0.3, 0.4) is 0 Å². The van der Waals surface area contributed by atoms with E-state index in [1.807, 2.05) is 38.1 Å². The van der Waals surface area contributed by atoms with Gasteiger partial charge in [-0.15, -0.1) is 0 Å². The van der Waals surface area contributed by atoms with E-state index in [1.54, 1.807) is 11.8 Å². The Bertz CT molecular complexity index is 654. The average Bonchev–Trinajstić information content (AvgIpc) is 2.79. The van der Waals surface area contributed by atoms with Gasteiger partial charge in [-0.25, -0.2) is 4.79 Å². The van der Waals surface area contributed by atoms with Crippen LogP contribution in [-0.2, 0) is 14.3 Å². The van der Waals surface area contributed by atoms with Crippen LogP contribution in [0.1, 0.15) is 32.8 Å². The molecule has 1 unspecified atom stereocenters. The van der Waals surface area contributed by atoms with Gasteiger partial charge in [-0.05, 0) is 31.9 Å². The Kier molecular flexibility index (Phi) is 4.81. The molecule has 0 saturated carbocycles. The number of nitrogens with zero attached hydrogens (tertiary/aromatic N) is 1. The molecule has 4 nitrogen and oxygen atoms in total. The minimum Gasteiger partial charge on any atom is -0.466 e. The summed E-state index contributed by atoms with van der Waals surface area (Å²) in [5.41, 5.74) is 3.76. The van der Waals surface area contributed by atoms with Crippen LogP contribution in [0.4, 0.5) is 5.69 Å². The number of para-hydroxylation sites is 1. The van der Waals surface area contributed by atoms with E-state index in [0.29, 0.717) is 6.42 Å². The number of methoxy groups -OCH3 is 1. The number of ether oxygens (including phenoxy) is 1. The maximum atomic E-state index is 12.1. The first-order valence-electron chi connectivity index (χ1n) is 7.27. The minimum atomic E-state index is -0.405. The summed E-state index contributed by atoms with van der Waals surface area (Å²) in [5, 5.41) is 0. The lowest BCUT2D eigenvalue weighted by atomic mass is 9.98. The van der Waals surface area contributed by atoms with Crippen molar-refractivity contribution in [2.45, 2.75) is 33.2 Å². The van der Waals surface area contributed by atoms with Crippen LogP contribution < -0.4 is 4.90 Å². The van der Waals surface area contributed by atoms with Crippen molar-refractivity contribution in [3.8, 4) is 0 Å². The number of amides is 1. The smallest absolute Gasteiger partial charge is 0.330 e. The Labute approximate surface area is 131 Å². The summed E-state index contributed by atoms with van der Waals surface area (Å²) >= 11 is 0. The fourth-order valence-electron chi connectivity index (χ4n) is 2.74. The molecule has 0 spiro atoms. The third-order valence-corrected chi connectivity index (χ3v) is 3.71. The van der Waals surface area contributed by atoms with E-state index >= 15 is 0 Å². The largest absolute Gasteiger partial charge is 0.466 e. The number of hydrogen-bond acceptors (Lipinski definition) is 3. The molecule has 0 aliphatic carbocycles. The van der Waals surface area contributed by atoms with Crippen molar-refractivity contribution in [1.82, 2.24) is 0 Å². The zero-order chi connectivity index (χ0) is 16.3. The highest BCUT2D eigenvalue weighted by Crippen LogP contribution is 2.41. The molecule has 22 heavy (non-hydrogen) atoms. The van der Waals surface area contributed by atoms with Crippen LogP contribution >= 0.6 is 0 Å². The molecule has 1 aliphatic rings. The molecule has 4 heteroatoms. The van der Waals surface area contributed by atoms with Crippen LogP contribution in [0, 0.1) is 0 Å². The summed E-state index contributed by atoms with van der Waals surface area (Å²) in [6.45, 7) is 5.58. The van der Waals surface area contributed by atoms with Crippen molar-refractivity contribution in [2.24, 2.45) is 0 Å². The highest BCUT2D eigenvalue weighted by atomic mass is 16.5. The normalized spacial score (nSPS) is 18.1. The number of anilines is 1. The third-order valence-electron chi connectivity index (χ3n) is 3.71. The summed E-state index contributed by atoms with van der Waals surface area (Å²) in [6.07, 6.45) is 4.24. The van der Waals surface area contributed by atoms with Gasteiger partial charge in [-0.2, -0.15) is 0 Å². The Morgan fingerprint density at radius 1 is 1.23 bits per heavy atom. The first-order chi connectivity index (χ1) is 10.5. The van der Waals surface area contributed by atoms with E-state index in [9.17, 15) is 9.59 Å². The van der Waals surface area contributed by atoms with Gasteiger partial charge in [0.05, 0.1) is 18.8 Å². The predicted octanol–water partition coefficient (Wildman–Crippen LogP) is 3.33. The summed E-state index contributed by atoms with van der Waals surface area (Å²) in [6, 6.07) is 7.47. The standard InChI is InChI=1S/C18H21NO3/c1-12(2)9-10-17-15(11-18(21)22-4)14-7-5-6-8-16(14)19(17)13(3)20/h5-9,11,17H,10H2,1-4H3/b15-11+. The molecule has 0 N–H and O–H groups in total. The zero-order valence-corrected chi connectivity index (χ0v) is 13.4. The van der Waals surface area contributed by atoms with E-state index in [0.717, 1.165) is 16.8 Å². The second kappa shape index (κ2) is 6.60. The van der Waals surface area contributed by atoms with Crippen molar-refractivity contribution in [2.75, 3.05) is 12.0 Å². The van der Waals surface area contributed by atoms with Gasteiger partial charge in [0.15, 0.2) is 0 Å². The molecule has 0 saturated heterocycles. The van der Waals surface area contributed by atoms with E-state index in [1.165, 1.54) is 18.8 Å². The molecular formula is C18H21NO3. The van der Waals surface area contributed by atoms with Crippen molar-refractivity contribution >= 4 is 23.1 Å². The molecule has 1 aromatic carbocycles. The molecule has 1 heterocycles. The summed E-state index contributed by atoms with van der Waals surface area (Å²) in [5.74, 6) is -0.440. The lowest BCUT2D eigenvalue weighted by molar-refractivity contribution is -0.134. The molecule has 0 fully saturated rings. The van der Waals surface area contributed by atoms with Crippen LogP contribution in [0.15, 0.2) is 42.0 Å². The lowest BCUT2D eigenvalue weighted by Gasteiger charge is -2.24. The van der Waals surface area contributed by atoms with Gasteiger partial charge in [-0.1, -0.05) is 29.8 Å². The van der Waals surface area contributed by atoms with Gasteiger partial charge < -0.3 is 9.64 Å². The Hall–Kier alpha value is -2.36. The SMILES string of the molecule is COC(=O)/C=C1\c2ccccc2N(C(C)=O)C1CC=C(C)C. The topological polar surface area (TPSA) is 46.6 Å². The molecule has 2 rings (SSSR count). The highest BCUT2D eigenvalue weighted by Gasteiger charge is 2.35. The van der Waals surface area contributed by atoms with Crippen LogP contribution in [0.2, 0.25) is 0 Å². The van der Waals surface area contributed by atoms with Gasteiger partial charge >= 0.3 is 5.97 Å². The Morgan fingerprint density at radius 2 is 1.91 bits per heavy atom. The zero-order valence-electron chi connectivity index (χ0n) is 13.4. The fourth-order valence-corrected chi connectivity index (χ4v) is 2.74. The molecule has 1 aliphatic heterocycles. The van der Waals surface area contributed by atoms with Gasteiger partial charge in [0.1, 0.15) is 0 Å². The highest BCUT2D eigenvalue weighted by molar-refractivity contribution is 6.06. The molecule has 1 atom stereocenters. The molecule has 0 aromatic heterocycles. The first-order valence-corrected chi connectivity index (χ1v) is 7.27. The van der Waals surface area contributed by atoms with Crippen LogP contribution in [0.5, 0.6) is 0 Å². The first kappa shape index (κ1) is 16.0. The lowest BCUT2D eigenvalue weighted by Crippen LogP contribution is -2.35. The molecule has 116 valence electrons. The average molecular weight is 299 g/mol. The van der Waals surface area contributed by atoms with Crippen molar-refractivity contribution < 1.29 is 14.3 Å². The Morgan fingerprint density at radius 3 is 2.50 bits per heavy atom. The molecule has 1 amide bonds. The molecule has 1 aromatic rings. The van der Waals surface area contributed by atoms with Gasteiger partial charge in [-0.3, -0.25) is 4.79 Å². The van der Waals surface area contributed by atoms with E-state index in [-0.39, 0.29) is 11.9 Å². The summed E-state index contributed by atoms with van der Waals surface area (Å²) in [4.78, 5) is 25.6. The number of carbonyl (C=O) groups excluding carboxylic acids is 2. The number of carbonyl (C=O) groups is 2. The number of allylic oxidation sites excluding steroid dienone is 1. The number of esters is 1. The number of hydrogen-bond donors (Lipinski definition) is 0. The Balaban J connectivity index is 2.55. The quantitative estimate of drug-likeness (QED) is 0.488. The molecule has 0 bridgehead atoms. The second-order valence-corrected chi connectivity index (χ2v) is 5.56. The second-order valence-electron chi connectivity index (χ2n) is 5.56. The minimum absolute atomic E-state index is 0.0344. The van der Waals surface area contributed by atoms with Crippen molar-refractivity contribution in [3.05, 3.63) is 47.6 Å².